The van der Waals surface area contributed by atoms with Crippen molar-refractivity contribution < 1.29 is 4.74 Å². The second-order valence-electron chi connectivity index (χ2n) is 3.92. The Bertz CT molecular complexity index is 304. The van der Waals surface area contributed by atoms with Crippen LogP contribution in [0.2, 0.25) is 5.02 Å². The molecule has 1 unspecified atom stereocenters. The Labute approximate surface area is 103 Å². The Morgan fingerprint density at radius 2 is 2.19 bits per heavy atom. The molecule has 2 nitrogen and oxygen atoms in total. The summed E-state index contributed by atoms with van der Waals surface area (Å²) in [7, 11) is 0. The highest BCUT2D eigenvalue weighted by Gasteiger charge is 2.05. The van der Waals surface area contributed by atoms with Crippen molar-refractivity contribution >= 4 is 11.6 Å². The van der Waals surface area contributed by atoms with Gasteiger partial charge in [-0.05, 0) is 30.5 Å². The molecule has 2 N–H and O–H groups in total. The molecule has 3 heteroatoms. The van der Waals surface area contributed by atoms with Crippen LogP contribution in [0.15, 0.2) is 24.3 Å². The van der Waals surface area contributed by atoms with Crippen molar-refractivity contribution in [3.8, 4) is 0 Å². The zero-order valence-electron chi connectivity index (χ0n) is 9.79. The van der Waals surface area contributed by atoms with E-state index in [1.807, 2.05) is 24.3 Å². The molecule has 1 aromatic carbocycles. The van der Waals surface area contributed by atoms with Gasteiger partial charge in [-0.1, -0.05) is 37.1 Å². The van der Waals surface area contributed by atoms with Gasteiger partial charge in [0, 0.05) is 24.3 Å². The molecule has 1 rings (SSSR count). The van der Waals surface area contributed by atoms with E-state index in [2.05, 4.69) is 6.92 Å². The van der Waals surface area contributed by atoms with E-state index >= 15 is 0 Å². The number of halogens is 1. The molecular weight excluding hydrogens is 222 g/mol. The molecule has 16 heavy (non-hydrogen) atoms. The second kappa shape index (κ2) is 7.66. The van der Waals surface area contributed by atoms with Crippen molar-refractivity contribution in [3.63, 3.8) is 0 Å². The van der Waals surface area contributed by atoms with Gasteiger partial charge in [0.25, 0.3) is 0 Å². The lowest BCUT2D eigenvalue weighted by atomic mass is 10.1. The van der Waals surface area contributed by atoms with Gasteiger partial charge in [-0.25, -0.2) is 0 Å². The van der Waals surface area contributed by atoms with Crippen LogP contribution in [-0.4, -0.2) is 13.2 Å². The fourth-order valence-corrected chi connectivity index (χ4v) is 1.66. The van der Waals surface area contributed by atoms with Gasteiger partial charge in [0.2, 0.25) is 0 Å². The average Bonchev–Trinajstić information content (AvgIpc) is 2.28. The number of ether oxygens (including phenoxy) is 1. The first-order chi connectivity index (χ1) is 7.74. The zero-order chi connectivity index (χ0) is 11.8. The fraction of sp³-hybridized carbons (Fsp3) is 0.538. The van der Waals surface area contributed by atoms with Crippen molar-refractivity contribution in [2.75, 3.05) is 13.2 Å². The lowest BCUT2D eigenvalue weighted by Crippen LogP contribution is -2.13. The van der Waals surface area contributed by atoms with E-state index in [0.717, 1.165) is 30.0 Å². The summed E-state index contributed by atoms with van der Waals surface area (Å²) in [6.45, 7) is 3.70. The van der Waals surface area contributed by atoms with Gasteiger partial charge in [0.15, 0.2) is 0 Å². The van der Waals surface area contributed by atoms with E-state index in [1.54, 1.807) is 0 Å². The van der Waals surface area contributed by atoms with Crippen LogP contribution in [0.4, 0.5) is 0 Å². The first-order valence-electron chi connectivity index (χ1n) is 5.83. The van der Waals surface area contributed by atoms with Crippen LogP contribution in [0.25, 0.3) is 0 Å². The maximum atomic E-state index is 6.04. The van der Waals surface area contributed by atoms with E-state index in [9.17, 15) is 0 Å². The zero-order valence-corrected chi connectivity index (χ0v) is 10.5. The van der Waals surface area contributed by atoms with Crippen LogP contribution >= 0.6 is 11.6 Å². The molecule has 0 radical (unpaired) electrons. The van der Waals surface area contributed by atoms with Gasteiger partial charge in [0.1, 0.15) is 0 Å². The molecule has 0 saturated heterocycles. The highest BCUT2D eigenvalue weighted by Crippen LogP contribution is 2.18. The molecule has 1 atom stereocenters. The molecule has 0 spiro atoms. The molecule has 0 bridgehead atoms. The summed E-state index contributed by atoms with van der Waals surface area (Å²) in [5.74, 6) is 0. The second-order valence-corrected chi connectivity index (χ2v) is 4.35. The van der Waals surface area contributed by atoms with Crippen molar-refractivity contribution in [1.82, 2.24) is 0 Å². The number of rotatable bonds is 7. The summed E-state index contributed by atoms with van der Waals surface area (Å²) in [4.78, 5) is 0. The Hall–Kier alpha value is -0.570. The normalized spacial score (nSPS) is 12.7. The molecule has 0 saturated carbocycles. The van der Waals surface area contributed by atoms with Crippen molar-refractivity contribution in [2.24, 2.45) is 5.73 Å². The molecule has 0 amide bonds. The average molecular weight is 242 g/mol. The highest BCUT2D eigenvalue weighted by molar-refractivity contribution is 6.30. The van der Waals surface area contributed by atoms with Gasteiger partial charge < -0.3 is 10.5 Å². The van der Waals surface area contributed by atoms with E-state index in [0.29, 0.717) is 6.61 Å². The molecule has 0 heterocycles. The van der Waals surface area contributed by atoms with Crippen LogP contribution in [0, 0.1) is 0 Å². The summed E-state index contributed by atoms with van der Waals surface area (Å²) in [6, 6.07) is 7.71. The minimum Gasteiger partial charge on any atom is -0.381 e. The number of hydrogen-bond acceptors (Lipinski definition) is 2. The smallest absolute Gasteiger partial charge is 0.0484 e. The predicted octanol–water partition coefficient (Wildman–Crippen LogP) is 3.55. The minimum absolute atomic E-state index is 0.0142. The standard InChI is InChI=1S/C13H20ClNO/c1-2-3-8-16-9-7-13(15)11-5-4-6-12(14)10-11/h4-6,10,13H,2-3,7-9,15H2,1H3. The maximum absolute atomic E-state index is 6.04. The third kappa shape index (κ3) is 4.97. The summed E-state index contributed by atoms with van der Waals surface area (Å²) in [5, 5.41) is 0.736. The SMILES string of the molecule is CCCCOCCC(N)c1cccc(Cl)c1. The number of benzene rings is 1. The summed E-state index contributed by atoms with van der Waals surface area (Å²) >= 11 is 5.90. The van der Waals surface area contributed by atoms with Gasteiger partial charge >= 0.3 is 0 Å². The Morgan fingerprint density at radius 1 is 1.38 bits per heavy atom. The third-order valence-electron chi connectivity index (χ3n) is 2.49. The first kappa shape index (κ1) is 13.5. The Kier molecular flexibility index (Phi) is 6.46. The van der Waals surface area contributed by atoms with Crippen LogP contribution in [0.1, 0.15) is 37.8 Å². The maximum Gasteiger partial charge on any atom is 0.0484 e. The summed E-state index contributed by atoms with van der Waals surface area (Å²) in [5.41, 5.74) is 7.12. The Morgan fingerprint density at radius 3 is 2.88 bits per heavy atom. The molecule has 90 valence electrons. The van der Waals surface area contributed by atoms with Gasteiger partial charge in [-0.2, -0.15) is 0 Å². The number of hydrogen-bond donors (Lipinski definition) is 1. The highest BCUT2D eigenvalue weighted by atomic mass is 35.5. The first-order valence-corrected chi connectivity index (χ1v) is 6.20. The molecule has 1 aromatic rings. The monoisotopic (exact) mass is 241 g/mol. The molecule has 0 fully saturated rings. The van der Waals surface area contributed by atoms with Crippen molar-refractivity contribution in [1.29, 1.82) is 0 Å². The molecule has 0 aliphatic heterocycles. The van der Waals surface area contributed by atoms with E-state index in [1.165, 1.54) is 6.42 Å². The molecule has 0 aliphatic carbocycles. The molecule has 0 aromatic heterocycles. The van der Waals surface area contributed by atoms with Crippen molar-refractivity contribution in [3.05, 3.63) is 34.9 Å². The van der Waals surface area contributed by atoms with Crippen LogP contribution in [0.3, 0.4) is 0 Å². The topological polar surface area (TPSA) is 35.2 Å². The van der Waals surface area contributed by atoms with Crippen LogP contribution < -0.4 is 5.73 Å². The largest absolute Gasteiger partial charge is 0.381 e. The molecule has 0 aliphatic rings. The van der Waals surface area contributed by atoms with Gasteiger partial charge in [-0.15, -0.1) is 0 Å². The van der Waals surface area contributed by atoms with Crippen LogP contribution in [0.5, 0.6) is 0 Å². The number of nitrogens with two attached hydrogens (primary N) is 1. The van der Waals surface area contributed by atoms with E-state index < -0.39 is 0 Å². The predicted molar refractivity (Wildman–Crippen MR) is 68.7 cm³/mol. The van der Waals surface area contributed by atoms with E-state index in [4.69, 9.17) is 22.1 Å². The Balaban J connectivity index is 2.27. The fourth-order valence-electron chi connectivity index (χ4n) is 1.46. The molecular formula is C13H20ClNO. The third-order valence-corrected chi connectivity index (χ3v) is 2.73. The van der Waals surface area contributed by atoms with Crippen molar-refractivity contribution in [2.45, 2.75) is 32.2 Å². The van der Waals surface area contributed by atoms with Crippen LogP contribution in [-0.2, 0) is 4.74 Å². The van der Waals surface area contributed by atoms with Gasteiger partial charge in [-0.3, -0.25) is 0 Å². The summed E-state index contributed by atoms with van der Waals surface area (Å²) in [6.07, 6.45) is 3.12. The lowest BCUT2D eigenvalue weighted by Gasteiger charge is -2.12. The lowest BCUT2D eigenvalue weighted by molar-refractivity contribution is 0.124. The summed E-state index contributed by atoms with van der Waals surface area (Å²) < 4.78 is 5.48. The van der Waals surface area contributed by atoms with Gasteiger partial charge in [0.05, 0.1) is 0 Å². The number of unbranched alkanes of at least 4 members (excludes halogenated alkanes) is 1. The minimum atomic E-state index is 0.0142. The quantitative estimate of drug-likeness (QED) is 0.741. The van der Waals surface area contributed by atoms with E-state index in [-0.39, 0.29) is 6.04 Å².